The van der Waals surface area contributed by atoms with Crippen LogP contribution in [0, 0.1) is 13.8 Å². The summed E-state index contributed by atoms with van der Waals surface area (Å²) in [7, 11) is 0. The minimum atomic E-state index is -0.325. The van der Waals surface area contributed by atoms with Crippen LogP contribution in [0.15, 0.2) is 57.7 Å². The van der Waals surface area contributed by atoms with Crippen LogP contribution in [0.3, 0.4) is 0 Å². The fourth-order valence-corrected chi connectivity index (χ4v) is 3.74. The third-order valence-electron chi connectivity index (χ3n) is 5.34. The zero-order valence-corrected chi connectivity index (χ0v) is 16.5. The van der Waals surface area contributed by atoms with Crippen LogP contribution in [-0.2, 0) is 0 Å². The van der Waals surface area contributed by atoms with Crippen LogP contribution in [0.25, 0.3) is 11.0 Å². The summed E-state index contributed by atoms with van der Waals surface area (Å²) >= 11 is 0. The first-order valence-corrected chi connectivity index (χ1v) is 9.80. The quantitative estimate of drug-likeness (QED) is 0.635. The molecule has 0 N–H and O–H groups in total. The highest BCUT2D eigenvalue weighted by Gasteiger charge is 2.17. The van der Waals surface area contributed by atoms with Crippen molar-refractivity contribution in [3.63, 3.8) is 0 Å². The van der Waals surface area contributed by atoms with Gasteiger partial charge in [0.1, 0.15) is 17.9 Å². The Morgan fingerprint density at radius 2 is 1.82 bits per heavy atom. The summed E-state index contributed by atoms with van der Waals surface area (Å²) in [5, 5.41) is 0.944. The molecule has 0 unspecified atom stereocenters. The average Bonchev–Trinajstić information content (AvgIpc) is 2.68. The fourth-order valence-electron chi connectivity index (χ4n) is 3.74. The van der Waals surface area contributed by atoms with E-state index in [0.29, 0.717) is 12.2 Å². The van der Waals surface area contributed by atoms with Gasteiger partial charge in [0.05, 0.1) is 0 Å². The summed E-state index contributed by atoms with van der Waals surface area (Å²) in [6.45, 7) is 9.68. The van der Waals surface area contributed by atoms with Gasteiger partial charge in [0.25, 0.3) is 0 Å². The minimum Gasteiger partial charge on any atom is -0.492 e. The van der Waals surface area contributed by atoms with Crippen LogP contribution < -0.4 is 15.3 Å². The van der Waals surface area contributed by atoms with Gasteiger partial charge in [-0.2, -0.15) is 0 Å². The van der Waals surface area contributed by atoms with E-state index in [2.05, 4.69) is 41.0 Å². The molecule has 4 rings (SSSR count). The lowest BCUT2D eigenvalue weighted by molar-refractivity contribution is 0.200. The van der Waals surface area contributed by atoms with E-state index >= 15 is 0 Å². The van der Waals surface area contributed by atoms with Crippen LogP contribution in [-0.4, -0.2) is 44.2 Å². The van der Waals surface area contributed by atoms with Crippen molar-refractivity contribution in [1.29, 1.82) is 0 Å². The number of piperazine rings is 1. The van der Waals surface area contributed by atoms with Gasteiger partial charge >= 0.3 is 5.63 Å². The molecule has 0 aliphatic carbocycles. The molecule has 146 valence electrons. The Balaban J connectivity index is 1.29. The summed E-state index contributed by atoms with van der Waals surface area (Å²) in [5.41, 5.74) is 3.78. The van der Waals surface area contributed by atoms with Gasteiger partial charge in [-0.05, 0) is 49.2 Å². The van der Waals surface area contributed by atoms with E-state index in [1.165, 1.54) is 17.3 Å². The van der Waals surface area contributed by atoms with Gasteiger partial charge in [0, 0.05) is 55.9 Å². The molecular formula is C23H26N2O3. The van der Waals surface area contributed by atoms with Crippen LogP contribution in [0.2, 0.25) is 0 Å². The fraction of sp³-hybridized carbons (Fsp3) is 0.348. The zero-order chi connectivity index (χ0) is 19.5. The molecule has 0 radical (unpaired) electrons. The Morgan fingerprint density at radius 3 is 2.61 bits per heavy atom. The number of benzene rings is 2. The predicted octanol–water partition coefficient (Wildman–Crippen LogP) is 3.61. The molecule has 5 heteroatoms. The summed E-state index contributed by atoms with van der Waals surface area (Å²) in [6, 6.07) is 15.9. The number of aryl methyl sites for hydroxylation is 2. The van der Waals surface area contributed by atoms with E-state index in [1.54, 1.807) is 6.07 Å². The van der Waals surface area contributed by atoms with Crippen LogP contribution >= 0.6 is 0 Å². The van der Waals surface area contributed by atoms with E-state index in [4.69, 9.17) is 9.15 Å². The number of nitrogens with zero attached hydrogens (tertiary/aromatic N) is 2. The first-order chi connectivity index (χ1) is 13.6. The van der Waals surface area contributed by atoms with Gasteiger partial charge < -0.3 is 14.1 Å². The van der Waals surface area contributed by atoms with Crippen molar-refractivity contribution in [2.45, 2.75) is 13.8 Å². The SMILES string of the molecule is Cc1cccc(N2CCN(CCOc3ccc4c(C)cc(=O)oc4c3)CC2)c1. The molecule has 0 spiro atoms. The van der Waals surface area contributed by atoms with Gasteiger partial charge in [0.2, 0.25) is 0 Å². The van der Waals surface area contributed by atoms with Crippen molar-refractivity contribution in [3.8, 4) is 5.75 Å². The highest BCUT2D eigenvalue weighted by molar-refractivity contribution is 5.81. The number of hydrogen-bond acceptors (Lipinski definition) is 5. The molecule has 2 aromatic carbocycles. The van der Waals surface area contributed by atoms with E-state index in [-0.39, 0.29) is 5.63 Å². The highest BCUT2D eigenvalue weighted by Crippen LogP contribution is 2.22. The molecule has 0 saturated carbocycles. The smallest absolute Gasteiger partial charge is 0.336 e. The Labute approximate surface area is 165 Å². The van der Waals surface area contributed by atoms with Crippen molar-refractivity contribution < 1.29 is 9.15 Å². The largest absolute Gasteiger partial charge is 0.492 e. The van der Waals surface area contributed by atoms with Crippen molar-refractivity contribution >= 4 is 16.7 Å². The number of hydrogen-bond donors (Lipinski definition) is 0. The highest BCUT2D eigenvalue weighted by atomic mass is 16.5. The third kappa shape index (κ3) is 4.20. The number of rotatable bonds is 5. The summed E-state index contributed by atoms with van der Waals surface area (Å²) < 4.78 is 11.2. The van der Waals surface area contributed by atoms with Gasteiger partial charge in [-0.1, -0.05) is 12.1 Å². The van der Waals surface area contributed by atoms with Crippen molar-refractivity contribution in [2.75, 3.05) is 44.2 Å². The molecule has 1 aliphatic rings. The van der Waals surface area contributed by atoms with Crippen LogP contribution in [0.5, 0.6) is 5.75 Å². The van der Waals surface area contributed by atoms with Crippen LogP contribution in [0.1, 0.15) is 11.1 Å². The van der Waals surface area contributed by atoms with Gasteiger partial charge in [0.15, 0.2) is 0 Å². The second kappa shape index (κ2) is 8.07. The van der Waals surface area contributed by atoms with E-state index in [0.717, 1.165) is 49.4 Å². The molecular weight excluding hydrogens is 352 g/mol. The number of anilines is 1. The molecule has 1 fully saturated rings. The minimum absolute atomic E-state index is 0.325. The van der Waals surface area contributed by atoms with Crippen LogP contribution in [0.4, 0.5) is 5.69 Å². The summed E-state index contributed by atoms with van der Waals surface area (Å²) in [6.07, 6.45) is 0. The molecule has 1 aromatic heterocycles. The second-order valence-corrected chi connectivity index (χ2v) is 7.42. The lowest BCUT2D eigenvalue weighted by Crippen LogP contribution is -2.47. The molecule has 1 aliphatic heterocycles. The Kier molecular flexibility index (Phi) is 5.35. The summed E-state index contributed by atoms with van der Waals surface area (Å²) in [5.74, 6) is 0.736. The van der Waals surface area contributed by atoms with Crippen molar-refractivity contribution in [2.24, 2.45) is 0 Å². The Bertz CT molecular complexity index is 1020. The predicted molar refractivity (Wildman–Crippen MR) is 113 cm³/mol. The van der Waals surface area contributed by atoms with E-state index in [9.17, 15) is 4.79 Å². The van der Waals surface area contributed by atoms with E-state index in [1.807, 2.05) is 19.1 Å². The van der Waals surface area contributed by atoms with E-state index < -0.39 is 0 Å². The Hall–Kier alpha value is -2.79. The average molecular weight is 378 g/mol. The third-order valence-corrected chi connectivity index (χ3v) is 5.34. The molecule has 28 heavy (non-hydrogen) atoms. The normalized spacial score (nSPS) is 15.1. The first kappa shape index (κ1) is 18.6. The lowest BCUT2D eigenvalue weighted by atomic mass is 10.1. The molecule has 2 heterocycles. The topological polar surface area (TPSA) is 45.9 Å². The maximum absolute atomic E-state index is 11.6. The molecule has 0 bridgehead atoms. The van der Waals surface area contributed by atoms with Gasteiger partial charge in [-0.25, -0.2) is 4.79 Å². The number of ether oxygens (including phenoxy) is 1. The maximum Gasteiger partial charge on any atom is 0.336 e. The monoisotopic (exact) mass is 378 g/mol. The summed E-state index contributed by atoms with van der Waals surface area (Å²) in [4.78, 5) is 16.4. The van der Waals surface area contributed by atoms with Crippen molar-refractivity contribution in [3.05, 3.63) is 70.1 Å². The molecule has 1 saturated heterocycles. The molecule has 5 nitrogen and oxygen atoms in total. The molecule has 0 atom stereocenters. The number of fused-ring (bicyclic) bond motifs is 1. The standard InChI is InChI=1S/C23H26N2O3/c1-17-4-3-5-19(14-17)25-10-8-24(9-11-25)12-13-27-20-6-7-21-18(2)15-23(26)28-22(21)16-20/h3-7,14-16H,8-13H2,1-2H3. The molecule has 3 aromatic rings. The Morgan fingerprint density at radius 1 is 1.00 bits per heavy atom. The first-order valence-electron chi connectivity index (χ1n) is 9.80. The van der Waals surface area contributed by atoms with Gasteiger partial charge in [-0.15, -0.1) is 0 Å². The maximum atomic E-state index is 11.6. The van der Waals surface area contributed by atoms with Crippen molar-refractivity contribution in [1.82, 2.24) is 4.90 Å². The second-order valence-electron chi connectivity index (χ2n) is 7.42. The molecule has 0 amide bonds. The van der Waals surface area contributed by atoms with Gasteiger partial charge in [-0.3, -0.25) is 4.90 Å². The zero-order valence-electron chi connectivity index (χ0n) is 16.5. The lowest BCUT2D eigenvalue weighted by Gasteiger charge is -2.36.